The lowest BCUT2D eigenvalue weighted by atomic mass is 10.1. The van der Waals surface area contributed by atoms with Crippen molar-refractivity contribution in [2.75, 3.05) is 18.0 Å². The summed E-state index contributed by atoms with van der Waals surface area (Å²) in [7, 11) is -2.62. The summed E-state index contributed by atoms with van der Waals surface area (Å²) in [6.07, 6.45) is 0. The van der Waals surface area contributed by atoms with Crippen molar-refractivity contribution in [1.82, 2.24) is 10.2 Å². The maximum Gasteiger partial charge on any atom is 0.264 e. The number of benzene rings is 3. The number of rotatable bonds is 10. The number of amides is 2. The second kappa shape index (κ2) is 12.7. The van der Waals surface area contributed by atoms with E-state index in [0.717, 1.165) is 15.4 Å². The Hall–Kier alpha value is -3.56. The molecular weight excluding hydrogens is 550 g/mol. The fourth-order valence-corrected chi connectivity index (χ4v) is 5.54. The van der Waals surface area contributed by atoms with Crippen molar-refractivity contribution in [3.8, 4) is 5.75 Å². The highest BCUT2D eigenvalue weighted by molar-refractivity contribution is 7.92. The van der Waals surface area contributed by atoms with Gasteiger partial charge in [-0.25, -0.2) is 8.42 Å². The van der Waals surface area contributed by atoms with Crippen LogP contribution in [0.3, 0.4) is 0 Å². The van der Waals surface area contributed by atoms with E-state index in [1.165, 1.54) is 29.2 Å². The average molecular weight is 586 g/mol. The summed E-state index contributed by atoms with van der Waals surface area (Å²) in [5, 5.41) is 3.30. The number of carbonyl (C=O) groups is 2. The highest BCUT2D eigenvalue weighted by Gasteiger charge is 2.33. The van der Waals surface area contributed by atoms with Gasteiger partial charge in [-0.1, -0.05) is 41.4 Å². The molecule has 1 atom stereocenters. The molecule has 3 rings (SSSR count). The number of halogens is 1. The van der Waals surface area contributed by atoms with Crippen molar-refractivity contribution in [3.63, 3.8) is 0 Å². The number of methoxy groups -OCH3 is 1. The van der Waals surface area contributed by atoms with Gasteiger partial charge in [0.2, 0.25) is 11.8 Å². The van der Waals surface area contributed by atoms with Gasteiger partial charge in [0.15, 0.2) is 0 Å². The van der Waals surface area contributed by atoms with Crippen LogP contribution >= 0.6 is 11.6 Å². The fourth-order valence-electron chi connectivity index (χ4n) is 4.00. The highest BCUT2D eigenvalue weighted by atomic mass is 35.5. The van der Waals surface area contributed by atoms with Gasteiger partial charge in [-0.15, -0.1) is 0 Å². The van der Waals surface area contributed by atoms with Crippen LogP contribution in [-0.2, 0) is 26.2 Å². The number of hydrogen-bond donors (Lipinski definition) is 1. The Bertz CT molecular complexity index is 1440. The molecule has 0 aliphatic heterocycles. The van der Waals surface area contributed by atoms with Crippen LogP contribution < -0.4 is 14.4 Å². The van der Waals surface area contributed by atoms with Gasteiger partial charge in [-0.2, -0.15) is 0 Å². The van der Waals surface area contributed by atoms with Gasteiger partial charge >= 0.3 is 0 Å². The number of sulfonamides is 1. The van der Waals surface area contributed by atoms with Crippen LogP contribution in [0, 0.1) is 6.92 Å². The zero-order chi connectivity index (χ0) is 29.7. The van der Waals surface area contributed by atoms with Crippen molar-refractivity contribution in [1.29, 1.82) is 0 Å². The van der Waals surface area contributed by atoms with E-state index in [0.29, 0.717) is 16.5 Å². The molecular formula is C30H36ClN3O5S. The first-order valence-corrected chi connectivity index (χ1v) is 14.6. The number of carbonyl (C=O) groups excluding carboxylic acids is 2. The first-order chi connectivity index (χ1) is 18.7. The van der Waals surface area contributed by atoms with E-state index in [1.807, 2.05) is 33.8 Å². The predicted molar refractivity (Wildman–Crippen MR) is 158 cm³/mol. The Kier molecular flexibility index (Phi) is 9.87. The SMILES string of the molecule is COc1cccc(CN(C(=O)CN(c2ccc(C)cc2)S(=O)(=O)c2ccc(Cl)cc2)[C@@H](C)C(=O)NC(C)(C)C)c1. The molecule has 0 aliphatic carbocycles. The number of aryl methyl sites for hydroxylation is 1. The Morgan fingerprint density at radius 2 is 1.62 bits per heavy atom. The quantitative estimate of drug-likeness (QED) is 0.353. The number of ether oxygens (including phenoxy) is 1. The maximum absolute atomic E-state index is 14.0. The number of nitrogens with zero attached hydrogens (tertiary/aromatic N) is 2. The molecule has 40 heavy (non-hydrogen) atoms. The van der Waals surface area contributed by atoms with Gasteiger partial charge in [0, 0.05) is 17.1 Å². The zero-order valence-corrected chi connectivity index (χ0v) is 25.2. The Balaban J connectivity index is 2.04. The first-order valence-electron chi connectivity index (χ1n) is 12.8. The molecule has 0 bridgehead atoms. The summed E-state index contributed by atoms with van der Waals surface area (Å²) in [6.45, 7) is 8.61. The molecule has 0 saturated carbocycles. The van der Waals surface area contributed by atoms with E-state index in [-0.39, 0.29) is 17.3 Å². The topological polar surface area (TPSA) is 96.0 Å². The summed E-state index contributed by atoms with van der Waals surface area (Å²) in [5.41, 5.74) is 1.46. The molecule has 3 aromatic carbocycles. The molecule has 10 heteroatoms. The van der Waals surface area contributed by atoms with Gasteiger partial charge in [0.05, 0.1) is 17.7 Å². The van der Waals surface area contributed by atoms with Crippen LogP contribution in [0.5, 0.6) is 5.75 Å². The summed E-state index contributed by atoms with van der Waals surface area (Å²) in [6, 6.07) is 18.9. The number of anilines is 1. The largest absolute Gasteiger partial charge is 0.497 e. The molecule has 3 aromatic rings. The summed E-state index contributed by atoms with van der Waals surface area (Å²) >= 11 is 5.99. The van der Waals surface area contributed by atoms with Gasteiger partial charge in [-0.05, 0) is 88.7 Å². The lowest BCUT2D eigenvalue weighted by molar-refractivity contribution is -0.140. The van der Waals surface area contributed by atoms with E-state index in [2.05, 4.69) is 5.32 Å². The van der Waals surface area contributed by atoms with Crippen molar-refractivity contribution in [2.45, 2.75) is 57.6 Å². The van der Waals surface area contributed by atoms with Crippen molar-refractivity contribution in [2.24, 2.45) is 0 Å². The van der Waals surface area contributed by atoms with Crippen LogP contribution in [-0.4, -0.2) is 50.4 Å². The summed E-state index contributed by atoms with van der Waals surface area (Å²) in [4.78, 5) is 28.5. The second-order valence-electron chi connectivity index (χ2n) is 10.6. The summed E-state index contributed by atoms with van der Waals surface area (Å²) in [5.74, 6) is -0.299. The monoisotopic (exact) mass is 585 g/mol. The Morgan fingerprint density at radius 1 is 1.00 bits per heavy atom. The molecule has 214 valence electrons. The molecule has 0 unspecified atom stereocenters. The minimum Gasteiger partial charge on any atom is -0.497 e. The Labute approximate surface area is 241 Å². The number of hydrogen-bond acceptors (Lipinski definition) is 5. The van der Waals surface area contributed by atoms with Gasteiger partial charge in [0.1, 0.15) is 18.3 Å². The van der Waals surface area contributed by atoms with Crippen LogP contribution in [0.2, 0.25) is 5.02 Å². The van der Waals surface area contributed by atoms with Crippen molar-refractivity contribution in [3.05, 3.63) is 88.9 Å². The normalized spacial score (nSPS) is 12.4. The van der Waals surface area contributed by atoms with E-state index < -0.39 is 34.1 Å². The minimum absolute atomic E-state index is 0.0110. The average Bonchev–Trinajstić information content (AvgIpc) is 2.89. The third-order valence-corrected chi connectivity index (χ3v) is 8.20. The standard InChI is InChI=1S/C30H36ClN3O5S/c1-21-10-14-25(15-11-21)34(40(37,38)27-16-12-24(31)13-17-27)20-28(35)33(22(2)29(36)32-30(3,4)5)19-23-8-7-9-26(18-23)39-6/h7-18,22H,19-20H2,1-6H3,(H,32,36)/t22-/m0/s1. The van der Waals surface area contributed by atoms with E-state index >= 15 is 0 Å². The van der Waals surface area contributed by atoms with Gasteiger partial charge < -0.3 is 15.0 Å². The van der Waals surface area contributed by atoms with E-state index in [4.69, 9.17) is 16.3 Å². The minimum atomic E-state index is -4.16. The second-order valence-corrected chi connectivity index (χ2v) is 12.9. The molecule has 0 fully saturated rings. The Morgan fingerprint density at radius 3 is 2.20 bits per heavy atom. The van der Waals surface area contributed by atoms with Gasteiger partial charge in [-0.3, -0.25) is 13.9 Å². The lowest BCUT2D eigenvalue weighted by Gasteiger charge is -2.33. The zero-order valence-electron chi connectivity index (χ0n) is 23.6. The molecule has 0 heterocycles. The molecule has 0 spiro atoms. The molecule has 0 saturated heterocycles. The highest BCUT2D eigenvalue weighted by Crippen LogP contribution is 2.26. The molecule has 8 nitrogen and oxygen atoms in total. The molecule has 0 aliphatic rings. The smallest absolute Gasteiger partial charge is 0.264 e. The van der Waals surface area contributed by atoms with E-state index in [9.17, 15) is 18.0 Å². The molecule has 0 radical (unpaired) electrons. The molecule has 1 N–H and O–H groups in total. The van der Waals surface area contributed by atoms with E-state index in [1.54, 1.807) is 56.5 Å². The lowest BCUT2D eigenvalue weighted by Crippen LogP contribution is -2.54. The molecule has 2 amide bonds. The fraction of sp³-hybridized carbons (Fsp3) is 0.333. The third-order valence-electron chi connectivity index (χ3n) is 6.16. The van der Waals surface area contributed by atoms with Gasteiger partial charge in [0.25, 0.3) is 10.0 Å². The van der Waals surface area contributed by atoms with Crippen molar-refractivity contribution >= 4 is 39.1 Å². The third kappa shape index (κ3) is 7.99. The van der Waals surface area contributed by atoms with Crippen LogP contribution in [0.15, 0.2) is 77.7 Å². The van der Waals surface area contributed by atoms with Crippen LogP contribution in [0.4, 0.5) is 5.69 Å². The summed E-state index contributed by atoms with van der Waals surface area (Å²) < 4.78 is 34.1. The maximum atomic E-state index is 14.0. The van der Waals surface area contributed by atoms with Crippen LogP contribution in [0.25, 0.3) is 0 Å². The predicted octanol–water partition coefficient (Wildman–Crippen LogP) is 5.18. The van der Waals surface area contributed by atoms with Crippen molar-refractivity contribution < 1.29 is 22.7 Å². The molecule has 0 aromatic heterocycles. The first kappa shape index (κ1) is 31.0. The number of nitrogens with one attached hydrogen (secondary N) is 1. The van der Waals surface area contributed by atoms with Crippen LogP contribution in [0.1, 0.15) is 38.8 Å².